The number of benzene rings is 1. The molecule has 7 heteroatoms. The highest BCUT2D eigenvalue weighted by Gasteiger charge is 2.12. The van der Waals surface area contributed by atoms with Crippen molar-refractivity contribution in [1.82, 2.24) is 5.43 Å². The minimum atomic E-state index is -0.705. The lowest BCUT2D eigenvalue weighted by Crippen LogP contribution is -2.30. The quantitative estimate of drug-likeness (QED) is 0.303. The van der Waals surface area contributed by atoms with Gasteiger partial charge in [-0.2, -0.15) is 10.2 Å². The number of hydrazone groups is 1. The van der Waals surface area contributed by atoms with Crippen LogP contribution in [0, 0.1) is 0 Å². The molecule has 1 atom stereocenters. The Morgan fingerprint density at radius 2 is 1.71 bits per heavy atom. The van der Waals surface area contributed by atoms with E-state index in [0.717, 1.165) is 6.42 Å². The van der Waals surface area contributed by atoms with Crippen LogP contribution in [0.3, 0.4) is 0 Å². The third-order valence-electron chi connectivity index (χ3n) is 5.13. The van der Waals surface area contributed by atoms with E-state index < -0.39 is 6.10 Å². The number of aromatic hydroxyl groups is 1. The molecule has 7 nitrogen and oxygen atoms in total. The number of rotatable bonds is 17. The Morgan fingerprint density at radius 1 is 1.00 bits per heavy atom. The summed E-state index contributed by atoms with van der Waals surface area (Å²) in [5.74, 6) is 0.510. The third-order valence-corrected chi connectivity index (χ3v) is 5.13. The molecule has 0 radical (unpaired) electrons. The number of nitrogens with one attached hydrogen (secondary N) is 1. The Hall–Kier alpha value is -2.25. The molecule has 0 spiro atoms. The van der Waals surface area contributed by atoms with Crippen LogP contribution in [-0.4, -0.2) is 42.4 Å². The Kier molecular flexibility index (Phi) is 12.5. The number of nitrogens with zero attached hydrogens (tertiary/aromatic N) is 2. The van der Waals surface area contributed by atoms with Crippen LogP contribution in [0.15, 0.2) is 35.6 Å². The number of aliphatic hydroxyl groups is 1. The van der Waals surface area contributed by atoms with Crippen molar-refractivity contribution in [2.75, 3.05) is 24.9 Å². The molecule has 3 N–H and O–H groups in total. The third kappa shape index (κ3) is 10.6. The van der Waals surface area contributed by atoms with Crippen LogP contribution in [0.2, 0.25) is 0 Å². The van der Waals surface area contributed by atoms with E-state index >= 15 is 0 Å². The van der Waals surface area contributed by atoms with Crippen LogP contribution in [0.5, 0.6) is 11.5 Å². The maximum absolute atomic E-state index is 10.2. The van der Waals surface area contributed by atoms with Crippen molar-refractivity contribution >= 4 is 11.9 Å². The second-order valence-corrected chi connectivity index (χ2v) is 7.94. The topological polar surface area (TPSA) is 86.5 Å². The summed E-state index contributed by atoms with van der Waals surface area (Å²) in [6, 6.07) is 4.92. The Bertz CT molecular complexity index is 666. The van der Waals surface area contributed by atoms with E-state index in [0.29, 0.717) is 18.0 Å². The molecule has 0 bridgehead atoms. The fraction of sp³-hybridized carbons (Fsp3) is 0.625. The summed E-state index contributed by atoms with van der Waals surface area (Å²) in [5, 5.41) is 25.8. The number of ether oxygens (including phenoxy) is 2. The molecule has 1 aliphatic heterocycles. The van der Waals surface area contributed by atoms with Gasteiger partial charge < -0.3 is 19.7 Å². The molecule has 0 aliphatic carbocycles. The number of allylic oxidation sites excluding steroid dienone is 1. The number of hydrogen-bond acceptors (Lipinski definition) is 7. The van der Waals surface area contributed by atoms with Gasteiger partial charge in [-0.05, 0) is 24.6 Å². The summed E-state index contributed by atoms with van der Waals surface area (Å²) in [5.41, 5.74) is 3.41. The number of phenolic OH excluding ortho intramolecular Hbond substituents is 1. The van der Waals surface area contributed by atoms with Crippen molar-refractivity contribution in [3.8, 4) is 11.5 Å². The molecule has 0 saturated heterocycles. The first-order valence-corrected chi connectivity index (χ1v) is 11.7. The van der Waals surface area contributed by atoms with Crippen LogP contribution < -0.4 is 15.3 Å². The molecule has 0 fully saturated rings. The maximum Gasteiger partial charge on any atom is 0.146 e. The van der Waals surface area contributed by atoms with E-state index in [9.17, 15) is 10.2 Å². The average molecular weight is 434 g/mol. The van der Waals surface area contributed by atoms with E-state index in [2.05, 4.69) is 17.5 Å². The normalized spacial score (nSPS) is 13.9. The van der Waals surface area contributed by atoms with Crippen LogP contribution in [-0.2, 0) is 4.74 Å². The number of unbranched alkanes of at least 4 members (excludes halogenated alkanes) is 9. The minimum Gasteiger partial charge on any atom is -0.505 e. The first-order valence-electron chi connectivity index (χ1n) is 11.7. The lowest BCUT2D eigenvalue weighted by molar-refractivity contribution is 0.0109. The van der Waals surface area contributed by atoms with Crippen molar-refractivity contribution in [2.45, 2.75) is 77.2 Å². The lowest BCUT2D eigenvalue weighted by Gasteiger charge is -2.21. The van der Waals surface area contributed by atoms with Gasteiger partial charge in [0.05, 0.1) is 12.8 Å². The van der Waals surface area contributed by atoms with Gasteiger partial charge in [0.2, 0.25) is 0 Å². The molecule has 1 heterocycles. The van der Waals surface area contributed by atoms with Gasteiger partial charge in [-0.3, -0.25) is 5.43 Å². The van der Waals surface area contributed by atoms with Crippen LogP contribution in [0.4, 0.5) is 5.69 Å². The van der Waals surface area contributed by atoms with Crippen molar-refractivity contribution in [3.05, 3.63) is 30.5 Å². The Labute approximate surface area is 186 Å². The zero-order valence-electron chi connectivity index (χ0n) is 18.8. The summed E-state index contributed by atoms with van der Waals surface area (Å²) in [4.78, 5) is 0. The van der Waals surface area contributed by atoms with E-state index in [-0.39, 0.29) is 19.0 Å². The standard InChI is InChI=1S/C24H39N3O4/c1-2-3-4-5-6-7-8-9-10-11-17-30-19-21(28)20-31-22-13-14-23(24(29)18-22)27-25-15-12-16-26-27/h12-16,18,21,25,28-29H,2-11,17,19-20H2,1H3. The highest BCUT2D eigenvalue weighted by molar-refractivity contribution is 5.74. The zero-order valence-corrected chi connectivity index (χ0v) is 18.8. The first-order chi connectivity index (χ1) is 15.2. The predicted octanol–water partition coefficient (Wildman–Crippen LogP) is 4.89. The monoisotopic (exact) mass is 433 g/mol. The lowest BCUT2D eigenvalue weighted by atomic mass is 10.1. The molecule has 31 heavy (non-hydrogen) atoms. The maximum atomic E-state index is 10.2. The molecule has 1 aromatic carbocycles. The van der Waals surface area contributed by atoms with E-state index in [1.54, 1.807) is 30.6 Å². The number of hydrazine groups is 1. The second kappa shape index (κ2) is 15.5. The highest BCUT2D eigenvalue weighted by atomic mass is 16.5. The second-order valence-electron chi connectivity index (χ2n) is 7.94. The molecule has 1 aliphatic rings. The van der Waals surface area contributed by atoms with Crippen LogP contribution in [0.25, 0.3) is 0 Å². The highest BCUT2D eigenvalue weighted by Crippen LogP contribution is 2.31. The molecular formula is C24H39N3O4. The van der Waals surface area contributed by atoms with Gasteiger partial charge in [0, 0.05) is 18.9 Å². The number of hydrogen-bond donors (Lipinski definition) is 3. The van der Waals surface area contributed by atoms with Crippen LogP contribution in [0.1, 0.15) is 71.1 Å². The zero-order chi connectivity index (χ0) is 22.2. The molecule has 0 aromatic heterocycles. The first kappa shape index (κ1) is 25.0. The van der Waals surface area contributed by atoms with Gasteiger partial charge in [0.15, 0.2) is 0 Å². The molecular weight excluding hydrogens is 394 g/mol. The predicted molar refractivity (Wildman–Crippen MR) is 126 cm³/mol. The van der Waals surface area contributed by atoms with Gasteiger partial charge >= 0.3 is 0 Å². The van der Waals surface area contributed by atoms with Gasteiger partial charge in [-0.1, -0.05) is 64.7 Å². The van der Waals surface area contributed by atoms with Gasteiger partial charge in [-0.15, -0.1) is 0 Å². The molecule has 0 amide bonds. The smallest absolute Gasteiger partial charge is 0.146 e. The summed E-state index contributed by atoms with van der Waals surface area (Å²) in [7, 11) is 0. The van der Waals surface area contributed by atoms with E-state index in [1.807, 2.05) is 0 Å². The van der Waals surface area contributed by atoms with E-state index in [1.165, 1.54) is 69.0 Å². The fourth-order valence-electron chi connectivity index (χ4n) is 3.35. The molecule has 1 unspecified atom stereocenters. The van der Waals surface area contributed by atoms with Crippen molar-refractivity contribution in [3.63, 3.8) is 0 Å². The average Bonchev–Trinajstić information content (AvgIpc) is 2.79. The van der Waals surface area contributed by atoms with Gasteiger partial charge in [-0.25, -0.2) is 0 Å². The summed E-state index contributed by atoms with van der Waals surface area (Å²) in [6.07, 6.45) is 17.3. The summed E-state index contributed by atoms with van der Waals surface area (Å²) in [6.45, 7) is 3.28. The largest absolute Gasteiger partial charge is 0.505 e. The number of aliphatic hydroxyl groups excluding tert-OH is 1. The molecule has 0 saturated carbocycles. The summed E-state index contributed by atoms with van der Waals surface area (Å²) < 4.78 is 11.1. The van der Waals surface area contributed by atoms with Gasteiger partial charge in [0.25, 0.3) is 0 Å². The Balaban J connectivity index is 1.49. The Morgan fingerprint density at radius 3 is 2.35 bits per heavy atom. The van der Waals surface area contributed by atoms with Crippen molar-refractivity contribution in [1.29, 1.82) is 0 Å². The van der Waals surface area contributed by atoms with Crippen molar-refractivity contribution in [2.24, 2.45) is 5.10 Å². The molecule has 1 aromatic rings. The molecule has 174 valence electrons. The summed E-state index contributed by atoms with van der Waals surface area (Å²) >= 11 is 0. The minimum absolute atomic E-state index is 0.0316. The SMILES string of the molecule is CCCCCCCCCCCCOCC(O)COc1ccc(N2N=CC=CN2)c(O)c1. The number of phenols is 1. The molecule has 2 rings (SSSR count). The van der Waals surface area contributed by atoms with Gasteiger partial charge in [0.1, 0.15) is 29.9 Å². The number of anilines is 1. The van der Waals surface area contributed by atoms with Crippen LogP contribution >= 0.6 is 0 Å². The van der Waals surface area contributed by atoms with E-state index in [4.69, 9.17) is 9.47 Å². The fourth-order valence-corrected chi connectivity index (χ4v) is 3.35. The van der Waals surface area contributed by atoms with Crippen molar-refractivity contribution < 1.29 is 19.7 Å².